The van der Waals surface area contributed by atoms with E-state index in [-0.39, 0.29) is 5.92 Å². The van der Waals surface area contributed by atoms with Crippen molar-refractivity contribution in [2.45, 2.75) is 26.4 Å². The second kappa shape index (κ2) is 4.62. The Morgan fingerprint density at radius 1 is 1.31 bits per heavy atom. The number of aliphatic hydroxyl groups excluding tert-OH is 1. The van der Waals surface area contributed by atoms with E-state index in [1.165, 1.54) is 0 Å². The standard InChI is InChI=1S/C14H17NO/c1-3-10(2)14(16)12-8-11-6-4-5-7-13(11)15-9-12/h4-10,14,16H,3H2,1-2H3. The van der Waals surface area contributed by atoms with E-state index in [9.17, 15) is 5.11 Å². The van der Waals surface area contributed by atoms with Crippen LogP contribution in [0.15, 0.2) is 36.5 Å². The van der Waals surface area contributed by atoms with Gasteiger partial charge in [-0.25, -0.2) is 0 Å². The highest BCUT2D eigenvalue weighted by Gasteiger charge is 2.15. The number of para-hydroxylation sites is 1. The van der Waals surface area contributed by atoms with E-state index in [1.807, 2.05) is 30.3 Å². The van der Waals surface area contributed by atoms with Gasteiger partial charge in [0, 0.05) is 11.6 Å². The first-order valence-electron chi connectivity index (χ1n) is 5.75. The van der Waals surface area contributed by atoms with Gasteiger partial charge in [0.25, 0.3) is 0 Å². The summed E-state index contributed by atoms with van der Waals surface area (Å²) in [6.45, 7) is 4.14. The molecule has 84 valence electrons. The Kier molecular flexibility index (Phi) is 3.20. The number of aromatic nitrogens is 1. The molecule has 2 heteroatoms. The Labute approximate surface area is 96.0 Å². The van der Waals surface area contributed by atoms with Gasteiger partial charge in [-0.1, -0.05) is 38.5 Å². The predicted octanol–water partition coefficient (Wildman–Crippen LogP) is 3.31. The summed E-state index contributed by atoms with van der Waals surface area (Å²) in [5.41, 5.74) is 1.88. The SMILES string of the molecule is CCC(C)C(O)c1cnc2ccccc2c1. The highest BCUT2D eigenvalue weighted by Crippen LogP contribution is 2.25. The fourth-order valence-electron chi connectivity index (χ4n) is 1.80. The van der Waals surface area contributed by atoms with Gasteiger partial charge in [-0.2, -0.15) is 0 Å². The maximum absolute atomic E-state index is 10.1. The number of rotatable bonds is 3. The lowest BCUT2D eigenvalue weighted by Gasteiger charge is -2.17. The van der Waals surface area contributed by atoms with Crippen molar-refractivity contribution in [1.29, 1.82) is 0 Å². The number of aliphatic hydroxyl groups is 1. The fraction of sp³-hybridized carbons (Fsp3) is 0.357. The van der Waals surface area contributed by atoms with E-state index in [0.717, 1.165) is 22.9 Å². The van der Waals surface area contributed by atoms with Gasteiger partial charge in [-0.3, -0.25) is 4.98 Å². The summed E-state index contributed by atoms with van der Waals surface area (Å²) in [4.78, 5) is 4.36. The molecule has 1 N–H and O–H groups in total. The van der Waals surface area contributed by atoms with Gasteiger partial charge in [-0.05, 0) is 23.6 Å². The van der Waals surface area contributed by atoms with E-state index in [1.54, 1.807) is 6.20 Å². The minimum Gasteiger partial charge on any atom is -0.388 e. The molecule has 1 aromatic carbocycles. The predicted molar refractivity (Wildman–Crippen MR) is 66.2 cm³/mol. The molecule has 0 amide bonds. The van der Waals surface area contributed by atoms with Crippen molar-refractivity contribution >= 4 is 10.9 Å². The first-order chi connectivity index (χ1) is 7.72. The molecular weight excluding hydrogens is 198 g/mol. The average Bonchev–Trinajstić information content (AvgIpc) is 2.36. The molecule has 1 aromatic heterocycles. The Morgan fingerprint density at radius 2 is 2.06 bits per heavy atom. The summed E-state index contributed by atoms with van der Waals surface area (Å²) in [7, 11) is 0. The lowest BCUT2D eigenvalue weighted by atomic mass is 9.96. The van der Waals surface area contributed by atoms with Crippen LogP contribution in [0.3, 0.4) is 0 Å². The Morgan fingerprint density at radius 3 is 2.81 bits per heavy atom. The third-order valence-electron chi connectivity index (χ3n) is 3.14. The molecule has 2 nitrogen and oxygen atoms in total. The van der Waals surface area contributed by atoms with E-state index < -0.39 is 6.10 Å². The highest BCUT2D eigenvalue weighted by molar-refractivity contribution is 5.78. The van der Waals surface area contributed by atoms with E-state index in [2.05, 4.69) is 18.8 Å². The van der Waals surface area contributed by atoms with Gasteiger partial charge in [0.1, 0.15) is 0 Å². The Balaban J connectivity index is 2.39. The van der Waals surface area contributed by atoms with E-state index in [0.29, 0.717) is 0 Å². The molecule has 0 aliphatic heterocycles. The maximum atomic E-state index is 10.1. The number of benzene rings is 1. The quantitative estimate of drug-likeness (QED) is 0.852. The summed E-state index contributed by atoms with van der Waals surface area (Å²) >= 11 is 0. The molecule has 2 atom stereocenters. The molecule has 0 bridgehead atoms. The number of hydrogen-bond donors (Lipinski definition) is 1. The summed E-state index contributed by atoms with van der Waals surface area (Å²) in [6, 6.07) is 9.99. The maximum Gasteiger partial charge on any atom is 0.0830 e. The molecule has 2 unspecified atom stereocenters. The summed E-state index contributed by atoms with van der Waals surface area (Å²) in [5.74, 6) is 0.267. The average molecular weight is 215 g/mol. The molecule has 0 radical (unpaired) electrons. The molecule has 0 fully saturated rings. The van der Waals surface area contributed by atoms with Crippen LogP contribution in [-0.4, -0.2) is 10.1 Å². The van der Waals surface area contributed by atoms with Gasteiger partial charge in [0.05, 0.1) is 11.6 Å². The van der Waals surface area contributed by atoms with Crippen LogP contribution >= 0.6 is 0 Å². The zero-order chi connectivity index (χ0) is 11.5. The van der Waals surface area contributed by atoms with Gasteiger partial charge < -0.3 is 5.11 Å². The third kappa shape index (κ3) is 2.07. The number of pyridine rings is 1. The molecule has 0 saturated heterocycles. The van der Waals surface area contributed by atoms with Crippen LogP contribution in [0.25, 0.3) is 10.9 Å². The van der Waals surface area contributed by atoms with E-state index >= 15 is 0 Å². The Bertz CT molecular complexity index is 481. The summed E-state index contributed by atoms with van der Waals surface area (Å²) in [5, 5.41) is 11.2. The minimum atomic E-state index is -0.415. The van der Waals surface area contributed by atoms with Crippen LogP contribution in [0.5, 0.6) is 0 Å². The molecular formula is C14H17NO. The van der Waals surface area contributed by atoms with Crippen LogP contribution in [0.2, 0.25) is 0 Å². The minimum absolute atomic E-state index is 0.267. The largest absolute Gasteiger partial charge is 0.388 e. The van der Waals surface area contributed by atoms with Gasteiger partial charge in [0.15, 0.2) is 0 Å². The first-order valence-corrected chi connectivity index (χ1v) is 5.75. The smallest absolute Gasteiger partial charge is 0.0830 e. The van der Waals surface area contributed by atoms with Crippen LogP contribution in [0, 0.1) is 5.92 Å². The molecule has 16 heavy (non-hydrogen) atoms. The van der Waals surface area contributed by atoms with Crippen molar-refractivity contribution < 1.29 is 5.11 Å². The lowest BCUT2D eigenvalue weighted by Crippen LogP contribution is -2.08. The van der Waals surface area contributed by atoms with Crippen molar-refractivity contribution in [2.24, 2.45) is 5.92 Å². The molecule has 0 aliphatic rings. The van der Waals surface area contributed by atoms with Gasteiger partial charge in [0.2, 0.25) is 0 Å². The number of nitrogens with zero attached hydrogens (tertiary/aromatic N) is 1. The second-order valence-corrected chi connectivity index (χ2v) is 4.29. The van der Waals surface area contributed by atoms with Crippen molar-refractivity contribution in [2.75, 3.05) is 0 Å². The molecule has 2 rings (SSSR count). The van der Waals surface area contributed by atoms with Gasteiger partial charge in [-0.15, -0.1) is 0 Å². The van der Waals surface area contributed by atoms with Gasteiger partial charge >= 0.3 is 0 Å². The monoisotopic (exact) mass is 215 g/mol. The summed E-state index contributed by atoms with van der Waals surface area (Å²) < 4.78 is 0. The van der Waals surface area contributed by atoms with Crippen molar-refractivity contribution in [3.05, 3.63) is 42.1 Å². The Hall–Kier alpha value is -1.41. The zero-order valence-corrected chi connectivity index (χ0v) is 9.72. The van der Waals surface area contributed by atoms with Crippen LogP contribution in [0.1, 0.15) is 31.9 Å². The summed E-state index contributed by atoms with van der Waals surface area (Å²) in [6.07, 6.45) is 2.33. The molecule has 0 saturated carbocycles. The normalized spacial score (nSPS) is 14.9. The molecule has 1 heterocycles. The number of fused-ring (bicyclic) bond motifs is 1. The van der Waals surface area contributed by atoms with Crippen molar-refractivity contribution in [1.82, 2.24) is 4.98 Å². The molecule has 0 spiro atoms. The zero-order valence-electron chi connectivity index (χ0n) is 9.72. The second-order valence-electron chi connectivity index (χ2n) is 4.29. The lowest BCUT2D eigenvalue weighted by molar-refractivity contribution is 0.115. The van der Waals surface area contributed by atoms with Crippen molar-refractivity contribution in [3.8, 4) is 0 Å². The third-order valence-corrected chi connectivity index (χ3v) is 3.14. The van der Waals surface area contributed by atoms with Crippen molar-refractivity contribution in [3.63, 3.8) is 0 Å². The van der Waals surface area contributed by atoms with E-state index in [4.69, 9.17) is 0 Å². The fourth-order valence-corrected chi connectivity index (χ4v) is 1.80. The highest BCUT2D eigenvalue weighted by atomic mass is 16.3. The number of hydrogen-bond acceptors (Lipinski definition) is 2. The topological polar surface area (TPSA) is 33.1 Å². The molecule has 2 aromatic rings. The molecule has 0 aliphatic carbocycles. The van der Waals surface area contributed by atoms with Crippen LogP contribution in [-0.2, 0) is 0 Å². The van der Waals surface area contributed by atoms with Crippen LogP contribution < -0.4 is 0 Å². The van der Waals surface area contributed by atoms with Crippen LogP contribution in [0.4, 0.5) is 0 Å². The first kappa shape index (κ1) is 11.1.